The van der Waals surface area contributed by atoms with E-state index < -0.39 is 0 Å². The molecule has 0 radical (unpaired) electrons. The highest BCUT2D eigenvalue weighted by Gasteiger charge is 2.49. The van der Waals surface area contributed by atoms with Crippen LogP contribution in [0.15, 0.2) is 0 Å². The minimum absolute atomic E-state index is 0.0826. The number of methoxy groups -OCH3 is 1. The quantitative estimate of drug-likeness (QED) is 0.707. The van der Waals surface area contributed by atoms with Gasteiger partial charge in [-0.15, -0.1) is 0 Å². The van der Waals surface area contributed by atoms with Gasteiger partial charge in [-0.05, 0) is 6.42 Å². The lowest BCUT2D eigenvalue weighted by molar-refractivity contribution is -0.200. The predicted octanol–water partition coefficient (Wildman–Crippen LogP) is 1.05. The minimum atomic E-state index is -0.108. The standard InChI is InChI=1S/C12H21NO3/c1-9(2)11(14)13-7-12(8-13)6-10(15-3)4-5-16-12/h9-10H,4-8H2,1-3H3/t10-/m1/s1. The van der Waals surface area contributed by atoms with Gasteiger partial charge in [0.2, 0.25) is 5.91 Å². The highest BCUT2D eigenvalue weighted by molar-refractivity contribution is 5.79. The lowest BCUT2D eigenvalue weighted by atomic mass is 9.84. The Morgan fingerprint density at radius 1 is 1.50 bits per heavy atom. The molecule has 4 nitrogen and oxygen atoms in total. The molecule has 2 rings (SSSR count). The molecule has 2 saturated heterocycles. The fourth-order valence-electron chi connectivity index (χ4n) is 2.57. The van der Waals surface area contributed by atoms with Crippen molar-refractivity contribution in [1.29, 1.82) is 0 Å². The minimum Gasteiger partial charge on any atom is -0.381 e. The number of likely N-dealkylation sites (tertiary alicyclic amines) is 1. The number of ether oxygens (including phenoxy) is 2. The summed E-state index contributed by atoms with van der Waals surface area (Å²) in [4.78, 5) is 13.6. The molecule has 0 unspecified atom stereocenters. The molecular formula is C12H21NO3. The SMILES string of the molecule is CO[C@@H]1CCOC2(C1)CN(C(=O)C(C)C)C2. The van der Waals surface area contributed by atoms with E-state index in [1.165, 1.54) is 0 Å². The Bertz CT molecular complexity index is 271. The molecule has 0 aromatic rings. The number of carbonyl (C=O) groups excluding carboxylic acids is 1. The van der Waals surface area contributed by atoms with Crippen molar-refractivity contribution in [1.82, 2.24) is 4.90 Å². The number of carbonyl (C=O) groups is 1. The van der Waals surface area contributed by atoms with Crippen LogP contribution in [0.5, 0.6) is 0 Å². The number of nitrogens with zero attached hydrogens (tertiary/aromatic N) is 1. The molecule has 1 spiro atoms. The summed E-state index contributed by atoms with van der Waals surface area (Å²) >= 11 is 0. The first-order valence-electron chi connectivity index (χ1n) is 6.02. The number of rotatable bonds is 2. The summed E-state index contributed by atoms with van der Waals surface area (Å²) in [6.07, 6.45) is 2.19. The van der Waals surface area contributed by atoms with Gasteiger partial charge in [0.25, 0.3) is 0 Å². The summed E-state index contributed by atoms with van der Waals surface area (Å²) in [5.41, 5.74) is -0.108. The Kier molecular flexibility index (Phi) is 3.22. The molecule has 0 bridgehead atoms. The van der Waals surface area contributed by atoms with Gasteiger partial charge in [-0.3, -0.25) is 4.79 Å². The first-order chi connectivity index (χ1) is 7.56. The molecule has 0 saturated carbocycles. The number of amides is 1. The first kappa shape index (κ1) is 11.9. The fraction of sp³-hybridized carbons (Fsp3) is 0.917. The van der Waals surface area contributed by atoms with E-state index >= 15 is 0 Å². The molecule has 1 amide bonds. The molecule has 2 heterocycles. The first-order valence-corrected chi connectivity index (χ1v) is 6.02. The fourth-order valence-corrected chi connectivity index (χ4v) is 2.57. The van der Waals surface area contributed by atoms with Crippen LogP contribution in [0.25, 0.3) is 0 Å². The van der Waals surface area contributed by atoms with Crippen LogP contribution in [-0.4, -0.2) is 49.3 Å². The molecular weight excluding hydrogens is 206 g/mol. The lowest BCUT2D eigenvalue weighted by Crippen LogP contribution is -2.67. The van der Waals surface area contributed by atoms with Gasteiger partial charge in [-0.25, -0.2) is 0 Å². The van der Waals surface area contributed by atoms with Crippen LogP contribution >= 0.6 is 0 Å². The molecule has 4 heteroatoms. The maximum atomic E-state index is 11.7. The molecule has 1 atom stereocenters. The summed E-state index contributed by atoms with van der Waals surface area (Å²) in [5, 5.41) is 0. The summed E-state index contributed by atoms with van der Waals surface area (Å²) in [5.74, 6) is 0.313. The van der Waals surface area contributed by atoms with Gasteiger partial charge < -0.3 is 14.4 Å². The van der Waals surface area contributed by atoms with Crippen molar-refractivity contribution in [2.24, 2.45) is 5.92 Å². The van der Waals surface area contributed by atoms with Crippen molar-refractivity contribution in [3.8, 4) is 0 Å². The molecule has 16 heavy (non-hydrogen) atoms. The third kappa shape index (κ3) is 2.09. The van der Waals surface area contributed by atoms with Crippen molar-refractivity contribution in [2.45, 2.75) is 38.4 Å². The zero-order valence-corrected chi connectivity index (χ0v) is 10.4. The van der Waals surface area contributed by atoms with Gasteiger partial charge in [0.1, 0.15) is 5.60 Å². The monoisotopic (exact) mass is 227 g/mol. The highest BCUT2D eigenvalue weighted by Crippen LogP contribution is 2.35. The van der Waals surface area contributed by atoms with E-state index in [4.69, 9.17) is 9.47 Å². The van der Waals surface area contributed by atoms with E-state index in [1.54, 1.807) is 7.11 Å². The van der Waals surface area contributed by atoms with Gasteiger partial charge >= 0.3 is 0 Å². The van der Waals surface area contributed by atoms with Crippen LogP contribution in [-0.2, 0) is 14.3 Å². The van der Waals surface area contributed by atoms with Gasteiger partial charge in [-0.2, -0.15) is 0 Å². The highest BCUT2D eigenvalue weighted by atomic mass is 16.5. The smallest absolute Gasteiger partial charge is 0.225 e. The second-order valence-corrected chi connectivity index (χ2v) is 5.23. The van der Waals surface area contributed by atoms with Crippen molar-refractivity contribution in [3.63, 3.8) is 0 Å². The summed E-state index contributed by atoms with van der Waals surface area (Å²) in [6.45, 7) is 6.11. The van der Waals surface area contributed by atoms with Crippen molar-refractivity contribution < 1.29 is 14.3 Å². The molecule has 2 fully saturated rings. The predicted molar refractivity (Wildman–Crippen MR) is 60.1 cm³/mol. The third-order valence-corrected chi connectivity index (χ3v) is 3.54. The van der Waals surface area contributed by atoms with E-state index in [-0.39, 0.29) is 17.4 Å². The van der Waals surface area contributed by atoms with Crippen LogP contribution in [0.1, 0.15) is 26.7 Å². The Morgan fingerprint density at radius 2 is 2.19 bits per heavy atom. The Hall–Kier alpha value is -0.610. The van der Waals surface area contributed by atoms with Crippen molar-refractivity contribution in [2.75, 3.05) is 26.8 Å². The van der Waals surface area contributed by atoms with Crippen molar-refractivity contribution >= 4 is 5.91 Å². The van der Waals surface area contributed by atoms with Crippen LogP contribution in [0.2, 0.25) is 0 Å². The van der Waals surface area contributed by atoms with Crippen LogP contribution in [0, 0.1) is 5.92 Å². The van der Waals surface area contributed by atoms with E-state index in [2.05, 4.69) is 0 Å². The van der Waals surface area contributed by atoms with Crippen LogP contribution in [0.4, 0.5) is 0 Å². The molecule has 92 valence electrons. The topological polar surface area (TPSA) is 38.8 Å². The zero-order valence-electron chi connectivity index (χ0n) is 10.4. The summed E-state index contributed by atoms with van der Waals surface area (Å²) in [6, 6.07) is 0. The molecule has 0 aromatic heterocycles. The van der Waals surface area contributed by atoms with Gasteiger partial charge in [0, 0.05) is 26.1 Å². The Balaban J connectivity index is 1.88. The summed E-state index contributed by atoms with van der Waals surface area (Å²) < 4.78 is 11.2. The van der Waals surface area contributed by atoms with Gasteiger partial charge in [0.15, 0.2) is 0 Å². The second-order valence-electron chi connectivity index (χ2n) is 5.23. The Morgan fingerprint density at radius 3 is 2.75 bits per heavy atom. The van der Waals surface area contributed by atoms with E-state index in [1.807, 2.05) is 18.7 Å². The van der Waals surface area contributed by atoms with Crippen LogP contribution < -0.4 is 0 Å². The van der Waals surface area contributed by atoms with E-state index in [0.29, 0.717) is 6.10 Å². The third-order valence-electron chi connectivity index (χ3n) is 3.54. The molecule has 0 N–H and O–H groups in total. The molecule has 2 aliphatic rings. The zero-order chi connectivity index (χ0) is 11.8. The maximum absolute atomic E-state index is 11.7. The van der Waals surface area contributed by atoms with Crippen LogP contribution in [0.3, 0.4) is 0 Å². The van der Waals surface area contributed by atoms with E-state index in [0.717, 1.165) is 32.5 Å². The van der Waals surface area contributed by atoms with Crippen molar-refractivity contribution in [3.05, 3.63) is 0 Å². The maximum Gasteiger partial charge on any atom is 0.225 e. The average Bonchev–Trinajstić information content (AvgIpc) is 2.24. The average molecular weight is 227 g/mol. The Labute approximate surface area is 96.9 Å². The second kappa shape index (κ2) is 4.34. The lowest BCUT2D eigenvalue weighted by Gasteiger charge is -2.53. The molecule has 0 aromatic carbocycles. The number of hydrogen-bond acceptors (Lipinski definition) is 3. The van der Waals surface area contributed by atoms with Gasteiger partial charge in [-0.1, -0.05) is 13.8 Å². The normalized spacial score (nSPS) is 28.2. The van der Waals surface area contributed by atoms with Gasteiger partial charge in [0.05, 0.1) is 19.2 Å². The number of hydrogen-bond donors (Lipinski definition) is 0. The molecule has 0 aliphatic carbocycles. The summed E-state index contributed by atoms with van der Waals surface area (Å²) in [7, 11) is 1.75. The molecule has 2 aliphatic heterocycles. The largest absolute Gasteiger partial charge is 0.381 e. The van der Waals surface area contributed by atoms with E-state index in [9.17, 15) is 4.79 Å².